The lowest BCUT2D eigenvalue weighted by Gasteiger charge is -2.11. The van der Waals surface area contributed by atoms with Crippen LogP contribution in [0.15, 0.2) is 24.3 Å². The Morgan fingerprint density at radius 2 is 1.61 bits per heavy atom. The van der Waals surface area contributed by atoms with Crippen molar-refractivity contribution in [3.8, 4) is 0 Å². The Morgan fingerprint density at radius 3 is 2.22 bits per heavy atom. The quantitative estimate of drug-likeness (QED) is 0.410. The fourth-order valence-corrected chi connectivity index (χ4v) is 2.56. The van der Waals surface area contributed by atoms with E-state index in [9.17, 15) is 9.90 Å². The molecule has 0 radical (unpaired) electrons. The van der Waals surface area contributed by atoms with E-state index in [2.05, 4.69) is 6.92 Å². The van der Waals surface area contributed by atoms with E-state index in [1.165, 1.54) is 38.5 Å². The highest BCUT2D eigenvalue weighted by Gasteiger charge is 2.10. The number of carbonyl (C=O) groups is 1. The van der Waals surface area contributed by atoms with Crippen LogP contribution in [0.25, 0.3) is 0 Å². The molecule has 0 saturated heterocycles. The minimum Gasteiger partial charge on any atom is -0.459 e. The van der Waals surface area contributed by atoms with E-state index in [-0.39, 0.29) is 6.61 Å². The predicted molar refractivity (Wildman–Crippen MR) is 95.0 cm³/mol. The van der Waals surface area contributed by atoms with E-state index in [4.69, 9.17) is 16.3 Å². The SMILES string of the molecule is CCCCCCCCCCC(O)COC(=O)c1ccc(Cl)cc1. The molecule has 0 saturated carbocycles. The molecule has 130 valence electrons. The van der Waals surface area contributed by atoms with E-state index in [0.717, 1.165) is 12.8 Å². The molecule has 1 aromatic rings. The molecule has 0 amide bonds. The molecule has 0 aliphatic carbocycles. The van der Waals surface area contributed by atoms with Crippen LogP contribution < -0.4 is 0 Å². The number of aliphatic hydroxyl groups is 1. The normalized spacial score (nSPS) is 12.1. The van der Waals surface area contributed by atoms with Gasteiger partial charge in [-0.25, -0.2) is 4.79 Å². The van der Waals surface area contributed by atoms with Crippen molar-refractivity contribution in [2.24, 2.45) is 0 Å². The van der Waals surface area contributed by atoms with E-state index in [1.54, 1.807) is 24.3 Å². The Balaban J connectivity index is 2.04. The third kappa shape index (κ3) is 9.62. The van der Waals surface area contributed by atoms with Crippen LogP contribution in [0.3, 0.4) is 0 Å². The highest BCUT2D eigenvalue weighted by molar-refractivity contribution is 6.30. The van der Waals surface area contributed by atoms with Crippen molar-refractivity contribution in [2.75, 3.05) is 6.61 Å². The minimum absolute atomic E-state index is 0.0535. The van der Waals surface area contributed by atoms with Crippen LogP contribution in [0.2, 0.25) is 5.02 Å². The summed E-state index contributed by atoms with van der Waals surface area (Å²) in [5.74, 6) is -0.420. The fourth-order valence-electron chi connectivity index (χ4n) is 2.44. The summed E-state index contributed by atoms with van der Waals surface area (Å²) in [5, 5.41) is 10.4. The molecule has 1 unspecified atom stereocenters. The Bertz CT molecular complexity index is 431. The average Bonchev–Trinajstić information content (AvgIpc) is 2.55. The Morgan fingerprint density at radius 1 is 1.04 bits per heavy atom. The number of halogens is 1. The van der Waals surface area contributed by atoms with Crippen LogP contribution in [0.4, 0.5) is 0 Å². The van der Waals surface area contributed by atoms with Crippen LogP contribution in [0, 0.1) is 0 Å². The number of ether oxygens (including phenoxy) is 1. The molecule has 1 aromatic carbocycles. The van der Waals surface area contributed by atoms with E-state index in [1.807, 2.05) is 0 Å². The number of carbonyl (C=O) groups excluding carboxylic acids is 1. The second-order valence-electron chi connectivity index (χ2n) is 6.02. The van der Waals surface area contributed by atoms with Crippen molar-refractivity contribution in [1.82, 2.24) is 0 Å². The fraction of sp³-hybridized carbons (Fsp3) is 0.632. The van der Waals surface area contributed by atoms with E-state index >= 15 is 0 Å². The number of aliphatic hydroxyl groups excluding tert-OH is 1. The molecule has 0 aromatic heterocycles. The van der Waals surface area contributed by atoms with Gasteiger partial charge in [-0.1, -0.05) is 69.9 Å². The Kier molecular flexibility index (Phi) is 10.8. The molecule has 3 nitrogen and oxygen atoms in total. The number of esters is 1. The monoisotopic (exact) mass is 340 g/mol. The second-order valence-corrected chi connectivity index (χ2v) is 6.46. The van der Waals surface area contributed by atoms with Crippen molar-refractivity contribution in [3.63, 3.8) is 0 Å². The topological polar surface area (TPSA) is 46.5 Å². The lowest BCUT2D eigenvalue weighted by molar-refractivity contribution is 0.0233. The van der Waals surface area contributed by atoms with Gasteiger partial charge in [0.25, 0.3) is 0 Å². The van der Waals surface area contributed by atoms with Gasteiger partial charge in [-0.3, -0.25) is 0 Å². The van der Waals surface area contributed by atoms with Gasteiger partial charge < -0.3 is 9.84 Å². The molecule has 0 fully saturated rings. The summed E-state index contributed by atoms with van der Waals surface area (Å²) in [4.78, 5) is 11.8. The van der Waals surface area contributed by atoms with Crippen LogP contribution in [-0.4, -0.2) is 23.8 Å². The summed E-state index contributed by atoms with van der Waals surface area (Å²) in [5.41, 5.74) is 0.452. The molecular formula is C19H29ClO3. The summed E-state index contributed by atoms with van der Waals surface area (Å²) in [6.07, 6.45) is 9.98. The van der Waals surface area contributed by atoms with Gasteiger partial charge in [-0.15, -0.1) is 0 Å². The van der Waals surface area contributed by atoms with Crippen LogP contribution in [0.5, 0.6) is 0 Å². The van der Waals surface area contributed by atoms with Crippen molar-refractivity contribution >= 4 is 17.6 Å². The second kappa shape index (κ2) is 12.4. The summed E-state index contributed by atoms with van der Waals surface area (Å²) < 4.78 is 5.12. The van der Waals surface area contributed by atoms with Gasteiger partial charge in [-0.2, -0.15) is 0 Å². The highest BCUT2D eigenvalue weighted by atomic mass is 35.5. The van der Waals surface area contributed by atoms with Crippen molar-refractivity contribution < 1.29 is 14.6 Å². The number of unbranched alkanes of at least 4 members (excludes halogenated alkanes) is 7. The lowest BCUT2D eigenvalue weighted by Crippen LogP contribution is -2.18. The molecule has 0 bridgehead atoms. The van der Waals surface area contributed by atoms with Crippen molar-refractivity contribution in [2.45, 2.75) is 70.8 Å². The first-order valence-corrected chi connectivity index (χ1v) is 9.12. The zero-order chi connectivity index (χ0) is 16.9. The number of hydrogen-bond acceptors (Lipinski definition) is 3. The maximum Gasteiger partial charge on any atom is 0.338 e. The zero-order valence-corrected chi connectivity index (χ0v) is 14.9. The molecule has 0 spiro atoms. The molecule has 4 heteroatoms. The average molecular weight is 341 g/mol. The first kappa shape index (κ1) is 20.0. The summed E-state index contributed by atoms with van der Waals surface area (Å²) in [6, 6.07) is 6.54. The molecule has 0 heterocycles. The smallest absolute Gasteiger partial charge is 0.338 e. The number of rotatable bonds is 12. The van der Waals surface area contributed by atoms with E-state index in [0.29, 0.717) is 17.0 Å². The Hall–Kier alpha value is -1.06. The maximum atomic E-state index is 11.8. The molecule has 0 aliphatic heterocycles. The highest BCUT2D eigenvalue weighted by Crippen LogP contribution is 2.12. The summed E-state index contributed by atoms with van der Waals surface area (Å²) in [6.45, 7) is 2.28. The van der Waals surface area contributed by atoms with Gasteiger partial charge in [-0.05, 0) is 30.7 Å². The minimum atomic E-state index is -0.577. The largest absolute Gasteiger partial charge is 0.459 e. The van der Waals surface area contributed by atoms with Crippen molar-refractivity contribution in [1.29, 1.82) is 0 Å². The van der Waals surface area contributed by atoms with Crippen LogP contribution in [0.1, 0.15) is 75.1 Å². The first-order valence-electron chi connectivity index (χ1n) is 8.74. The molecule has 1 N–H and O–H groups in total. The number of hydrogen-bond donors (Lipinski definition) is 1. The van der Waals surface area contributed by atoms with Gasteiger partial charge in [0, 0.05) is 5.02 Å². The van der Waals surface area contributed by atoms with Gasteiger partial charge in [0.2, 0.25) is 0 Å². The third-order valence-corrected chi connectivity index (χ3v) is 4.13. The molecular weight excluding hydrogens is 312 g/mol. The first-order chi connectivity index (χ1) is 11.1. The van der Waals surface area contributed by atoms with Gasteiger partial charge in [0.05, 0.1) is 11.7 Å². The van der Waals surface area contributed by atoms with E-state index < -0.39 is 12.1 Å². The van der Waals surface area contributed by atoms with Gasteiger partial charge in [0.1, 0.15) is 6.61 Å². The molecule has 23 heavy (non-hydrogen) atoms. The summed E-state index contributed by atoms with van der Waals surface area (Å²) in [7, 11) is 0. The maximum absolute atomic E-state index is 11.8. The van der Waals surface area contributed by atoms with Gasteiger partial charge in [0.15, 0.2) is 0 Å². The van der Waals surface area contributed by atoms with Crippen LogP contribution >= 0.6 is 11.6 Å². The van der Waals surface area contributed by atoms with Crippen molar-refractivity contribution in [3.05, 3.63) is 34.9 Å². The lowest BCUT2D eigenvalue weighted by atomic mass is 10.1. The molecule has 0 aliphatic rings. The Labute approximate surface area is 145 Å². The molecule has 1 rings (SSSR count). The predicted octanol–water partition coefficient (Wildman–Crippen LogP) is 5.39. The van der Waals surface area contributed by atoms with Gasteiger partial charge >= 0.3 is 5.97 Å². The zero-order valence-electron chi connectivity index (χ0n) is 14.1. The molecule has 1 atom stereocenters. The standard InChI is InChI=1S/C19H29ClO3/c1-2-3-4-5-6-7-8-9-10-18(21)15-23-19(22)16-11-13-17(20)14-12-16/h11-14,18,21H,2-10,15H2,1H3. The third-order valence-electron chi connectivity index (χ3n) is 3.88. The van der Waals surface area contributed by atoms with Crippen LogP contribution in [-0.2, 0) is 4.74 Å². The number of benzene rings is 1. The summed E-state index contributed by atoms with van der Waals surface area (Å²) >= 11 is 5.77.